The lowest BCUT2D eigenvalue weighted by molar-refractivity contribution is -0.147. The van der Waals surface area contributed by atoms with Gasteiger partial charge in [-0.2, -0.15) is 0 Å². The number of nitrogens with one attached hydrogen (secondary N) is 1. The van der Waals surface area contributed by atoms with Gasteiger partial charge in [-0.15, -0.1) is 0 Å². The topological polar surface area (TPSA) is 66.4 Å². The standard InChI is InChI=1S/C19H22ClNO3/c1-19(2,13-5-7-14(20)8-6-13)10-21-17(22)15-11-3-4-12(9-11)16(15)18(23)24/h3-8,11-12,15-16H,9-10H2,1-2H3,(H,21,22)(H,23,24). The number of carbonyl (C=O) groups excluding carboxylic acids is 1. The Labute approximate surface area is 146 Å². The molecule has 2 aliphatic carbocycles. The lowest BCUT2D eigenvalue weighted by Gasteiger charge is -2.29. The monoisotopic (exact) mass is 347 g/mol. The summed E-state index contributed by atoms with van der Waals surface area (Å²) in [6.07, 6.45) is 4.72. The van der Waals surface area contributed by atoms with E-state index in [9.17, 15) is 14.7 Å². The number of hydrogen-bond acceptors (Lipinski definition) is 2. The van der Waals surface area contributed by atoms with E-state index in [1.165, 1.54) is 0 Å². The summed E-state index contributed by atoms with van der Waals surface area (Å²) in [7, 11) is 0. The molecule has 0 aromatic heterocycles. The molecule has 4 unspecified atom stereocenters. The molecule has 1 aromatic rings. The van der Waals surface area contributed by atoms with Crippen LogP contribution in [0.4, 0.5) is 0 Å². The molecule has 0 radical (unpaired) electrons. The number of carbonyl (C=O) groups is 2. The predicted molar refractivity (Wildman–Crippen MR) is 92.8 cm³/mol. The fraction of sp³-hybridized carbons (Fsp3) is 0.474. The molecule has 0 spiro atoms. The molecular weight excluding hydrogens is 326 g/mol. The smallest absolute Gasteiger partial charge is 0.307 e. The van der Waals surface area contributed by atoms with Gasteiger partial charge in [0.05, 0.1) is 11.8 Å². The van der Waals surface area contributed by atoms with Crippen molar-refractivity contribution < 1.29 is 14.7 Å². The normalized spacial score (nSPS) is 28.1. The molecule has 1 saturated carbocycles. The van der Waals surface area contributed by atoms with Crippen molar-refractivity contribution >= 4 is 23.5 Å². The molecule has 1 fully saturated rings. The number of benzene rings is 1. The predicted octanol–water partition coefficient (Wildman–Crippen LogP) is 3.26. The summed E-state index contributed by atoms with van der Waals surface area (Å²) < 4.78 is 0. The van der Waals surface area contributed by atoms with Gasteiger partial charge >= 0.3 is 5.97 Å². The Bertz CT molecular complexity index is 680. The Hall–Kier alpha value is -1.81. The van der Waals surface area contributed by atoms with Crippen LogP contribution in [0.2, 0.25) is 5.02 Å². The number of carboxylic acid groups (broad SMARTS) is 1. The van der Waals surface area contributed by atoms with Crippen LogP contribution in [0.3, 0.4) is 0 Å². The maximum atomic E-state index is 12.7. The minimum absolute atomic E-state index is 0.00692. The highest BCUT2D eigenvalue weighted by molar-refractivity contribution is 6.30. The summed E-state index contributed by atoms with van der Waals surface area (Å²) >= 11 is 5.93. The number of rotatable bonds is 5. The van der Waals surface area contributed by atoms with Crippen molar-refractivity contribution in [3.05, 3.63) is 47.0 Å². The van der Waals surface area contributed by atoms with Gasteiger partial charge in [0.15, 0.2) is 0 Å². The van der Waals surface area contributed by atoms with Crippen LogP contribution in [0.25, 0.3) is 0 Å². The average Bonchev–Trinajstić information content (AvgIpc) is 3.14. The first-order valence-electron chi connectivity index (χ1n) is 8.24. The van der Waals surface area contributed by atoms with Crippen molar-refractivity contribution in [3.8, 4) is 0 Å². The Balaban J connectivity index is 1.68. The van der Waals surface area contributed by atoms with Crippen LogP contribution in [0.1, 0.15) is 25.8 Å². The largest absolute Gasteiger partial charge is 0.481 e. The van der Waals surface area contributed by atoms with Crippen LogP contribution in [0.5, 0.6) is 0 Å². The molecule has 5 heteroatoms. The Morgan fingerprint density at radius 1 is 1.17 bits per heavy atom. The molecule has 0 heterocycles. The van der Waals surface area contributed by atoms with E-state index in [1.54, 1.807) is 0 Å². The van der Waals surface area contributed by atoms with E-state index in [0.29, 0.717) is 11.6 Å². The van der Waals surface area contributed by atoms with Crippen molar-refractivity contribution in [2.75, 3.05) is 6.54 Å². The second kappa shape index (κ2) is 6.25. The first-order valence-corrected chi connectivity index (χ1v) is 8.62. The zero-order chi connectivity index (χ0) is 17.5. The Kier molecular flexibility index (Phi) is 4.43. The van der Waals surface area contributed by atoms with Gasteiger partial charge in [-0.05, 0) is 36.0 Å². The number of aliphatic carboxylic acids is 1. The maximum Gasteiger partial charge on any atom is 0.307 e. The summed E-state index contributed by atoms with van der Waals surface area (Å²) in [5.74, 6) is -2.04. The van der Waals surface area contributed by atoms with Crippen molar-refractivity contribution in [3.63, 3.8) is 0 Å². The summed E-state index contributed by atoms with van der Waals surface area (Å²) in [5.41, 5.74) is 0.821. The van der Waals surface area contributed by atoms with E-state index < -0.39 is 17.8 Å². The maximum absolute atomic E-state index is 12.7. The molecule has 4 atom stereocenters. The minimum Gasteiger partial charge on any atom is -0.481 e. The van der Waals surface area contributed by atoms with Crippen molar-refractivity contribution in [1.29, 1.82) is 0 Å². The summed E-state index contributed by atoms with van der Waals surface area (Å²) in [6.45, 7) is 4.55. The molecule has 1 aromatic carbocycles. The van der Waals surface area contributed by atoms with Gasteiger partial charge in [-0.25, -0.2) is 0 Å². The van der Waals surface area contributed by atoms with Gasteiger partial charge in [0, 0.05) is 17.0 Å². The fourth-order valence-electron chi connectivity index (χ4n) is 3.95. The number of allylic oxidation sites excluding steroid dienone is 2. The van der Waals surface area contributed by atoms with E-state index >= 15 is 0 Å². The number of carboxylic acids is 1. The number of fused-ring (bicyclic) bond motifs is 2. The molecule has 0 aliphatic heterocycles. The second-order valence-corrected chi connectivity index (χ2v) is 7.88. The molecule has 2 aliphatic rings. The van der Waals surface area contributed by atoms with Gasteiger partial charge in [-0.3, -0.25) is 9.59 Å². The van der Waals surface area contributed by atoms with Crippen LogP contribution < -0.4 is 5.32 Å². The first kappa shape index (κ1) is 17.0. The van der Waals surface area contributed by atoms with Crippen LogP contribution in [0.15, 0.2) is 36.4 Å². The van der Waals surface area contributed by atoms with E-state index in [4.69, 9.17) is 11.6 Å². The Morgan fingerprint density at radius 3 is 2.33 bits per heavy atom. The van der Waals surface area contributed by atoms with E-state index in [1.807, 2.05) is 50.3 Å². The third-order valence-electron chi connectivity index (χ3n) is 5.38. The van der Waals surface area contributed by atoms with Crippen molar-refractivity contribution in [2.24, 2.45) is 23.7 Å². The molecule has 2 N–H and O–H groups in total. The summed E-state index contributed by atoms with van der Waals surface area (Å²) in [5, 5.41) is 13.1. The number of halogens is 1. The molecule has 4 nitrogen and oxygen atoms in total. The van der Waals surface area contributed by atoms with Crippen LogP contribution in [-0.4, -0.2) is 23.5 Å². The number of hydrogen-bond donors (Lipinski definition) is 2. The van der Waals surface area contributed by atoms with Crippen LogP contribution in [-0.2, 0) is 15.0 Å². The SMILES string of the molecule is CC(C)(CNC(=O)C1C2C=CC(C2)C1C(=O)O)c1ccc(Cl)cc1. The molecule has 2 bridgehead atoms. The quantitative estimate of drug-likeness (QED) is 0.803. The minimum atomic E-state index is -0.871. The van der Waals surface area contributed by atoms with Gasteiger partial charge in [0.1, 0.15) is 0 Å². The van der Waals surface area contributed by atoms with Gasteiger partial charge in [-0.1, -0.05) is 49.7 Å². The van der Waals surface area contributed by atoms with Crippen molar-refractivity contribution in [1.82, 2.24) is 5.32 Å². The zero-order valence-electron chi connectivity index (χ0n) is 13.8. The Morgan fingerprint density at radius 2 is 1.75 bits per heavy atom. The molecule has 1 amide bonds. The average molecular weight is 348 g/mol. The van der Waals surface area contributed by atoms with Gasteiger partial charge in [0.25, 0.3) is 0 Å². The van der Waals surface area contributed by atoms with E-state index in [2.05, 4.69) is 5.32 Å². The number of amides is 1. The van der Waals surface area contributed by atoms with Crippen LogP contribution >= 0.6 is 11.6 Å². The lowest BCUT2D eigenvalue weighted by atomic mass is 9.81. The van der Waals surface area contributed by atoms with E-state index in [-0.39, 0.29) is 23.2 Å². The third kappa shape index (κ3) is 3.07. The zero-order valence-corrected chi connectivity index (χ0v) is 14.6. The fourth-order valence-corrected chi connectivity index (χ4v) is 4.07. The molecule has 128 valence electrons. The molecular formula is C19H22ClNO3. The third-order valence-corrected chi connectivity index (χ3v) is 5.63. The van der Waals surface area contributed by atoms with Gasteiger partial charge < -0.3 is 10.4 Å². The first-order chi connectivity index (χ1) is 11.3. The summed E-state index contributed by atoms with van der Waals surface area (Å²) in [4.78, 5) is 24.2. The lowest BCUT2D eigenvalue weighted by Crippen LogP contribution is -2.44. The van der Waals surface area contributed by atoms with E-state index in [0.717, 1.165) is 12.0 Å². The van der Waals surface area contributed by atoms with Crippen molar-refractivity contribution in [2.45, 2.75) is 25.7 Å². The highest BCUT2D eigenvalue weighted by Crippen LogP contribution is 2.48. The molecule has 24 heavy (non-hydrogen) atoms. The summed E-state index contributed by atoms with van der Waals surface area (Å²) in [6, 6.07) is 7.58. The molecule has 0 saturated heterocycles. The van der Waals surface area contributed by atoms with Gasteiger partial charge in [0.2, 0.25) is 5.91 Å². The molecule has 3 rings (SSSR count). The van der Waals surface area contributed by atoms with Crippen LogP contribution in [0, 0.1) is 23.7 Å². The highest BCUT2D eigenvalue weighted by Gasteiger charge is 2.51. The highest BCUT2D eigenvalue weighted by atomic mass is 35.5. The second-order valence-electron chi connectivity index (χ2n) is 7.45.